The van der Waals surface area contributed by atoms with E-state index in [9.17, 15) is 9.59 Å². The van der Waals surface area contributed by atoms with E-state index in [1.54, 1.807) is 29.2 Å². The van der Waals surface area contributed by atoms with E-state index < -0.39 is 5.97 Å². The summed E-state index contributed by atoms with van der Waals surface area (Å²) in [4.78, 5) is 25.1. The lowest BCUT2D eigenvalue weighted by Gasteiger charge is -2.26. The molecule has 0 bridgehead atoms. The van der Waals surface area contributed by atoms with E-state index >= 15 is 0 Å². The van der Waals surface area contributed by atoms with E-state index in [2.05, 4.69) is 0 Å². The summed E-state index contributed by atoms with van der Waals surface area (Å²) in [5.41, 5.74) is 7.00. The van der Waals surface area contributed by atoms with Gasteiger partial charge in [0.2, 0.25) is 0 Å². The molecular weight excluding hydrogens is 260 g/mol. The highest BCUT2D eigenvalue weighted by molar-refractivity contribution is 5.82. The molecule has 2 rings (SSSR count). The Balaban J connectivity index is 1.77. The minimum Gasteiger partial charge on any atom is -0.455 e. The van der Waals surface area contributed by atoms with E-state index in [-0.39, 0.29) is 18.9 Å². The third kappa shape index (κ3) is 3.96. The first kappa shape index (κ1) is 14.3. The smallest absolute Gasteiger partial charge is 0.310 e. The van der Waals surface area contributed by atoms with Crippen molar-refractivity contribution in [3.63, 3.8) is 0 Å². The molecule has 0 atom stereocenters. The highest BCUT2D eigenvalue weighted by Crippen LogP contribution is 2.11. The van der Waals surface area contributed by atoms with Gasteiger partial charge >= 0.3 is 5.97 Å². The van der Waals surface area contributed by atoms with Crippen molar-refractivity contribution in [2.24, 2.45) is 0 Å². The number of hydrogen-bond donors (Lipinski definition) is 1. The molecule has 0 saturated carbocycles. The molecule has 1 aromatic carbocycles. The topological polar surface area (TPSA) is 81.9 Å². The number of esters is 1. The number of hydrogen-bond acceptors (Lipinski definition) is 5. The summed E-state index contributed by atoms with van der Waals surface area (Å²) < 4.78 is 10.1. The van der Waals surface area contributed by atoms with Crippen LogP contribution in [-0.2, 0) is 25.5 Å². The van der Waals surface area contributed by atoms with E-state index in [0.717, 1.165) is 0 Å². The van der Waals surface area contributed by atoms with Gasteiger partial charge in [0, 0.05) is 18.8 Å². The molecule has 1 saturated heterocycles. The molecular formula is C14H18N2O4. The number of rotatable bonds is 4. The lowest BCUT2D eigenvalue weighted by atomic mass is 10.1. The predicted octanol–water partition coefficient (Wildman–Crippen LogP) is 0.213. The molecule has 1 fully saturated rings. The van der Waals surface area contributed by atoms with Crippen LogP contribution in [-0.4, -0.2) is 49.7 Å². The first-order valence-electron chi connectivity index (χ1n) is 6.51. The second-order valence-electron chi connectivity index (χ2n) is 4.53. The number of morpholine rings is 1. The Kier molecular flexibility index (Phi) is 4.95. The summed E-state index contributed by atoms with van der Waals surface area (Å²) in [6, 6.07) is 7.09. The molecule has 20 heavy (non-hydrogen) atoms. The molecule has 1 aliphatic heterocycles. The molecule has 6 nitrogen and oxygen atoms in total. The number of anilines is 1. The summed E-state index contributed by atoms with van der Waals surface area (Å²) in [7, 11) is 0. The molecule has 1 amide bonds. The van der Waals surface area contributed by atoms with Gasteiger partial charge in [0.25, 0.3) is 5.91 Å². The van der Waals surface area contributed by atoms with Crippen molar-refractivity contribution in [2.45, 2.75) is 6.42 Å². The molecule has 0 spiro atoms. The maximum absolute atomic E-state index is 11.8. The number of benzene rings is 1. The SMILES string of the molecule is Nc1ccccc1CC(=O)OCC(=O)N1CCOCC1. The molecule has 0 unspecified atom stereocenters. The van der Waals surface area contributed by atoms with E-state index in [0.29, 0.717) is 37.6 Å². The number of nitrogen functional groups attached to an aromatic ring is 1. The van der Waals surface area contributed by atoms with Crippen LogP contribution in [0, 0.1) is 0 Å². The summed E-state index contributed by atoms with van der Waals surface area (Å²) in [5, 5.41) is 0. The van der Waals surface area contributed by atoms with Crippen LogP contribution in [0.4, 0.5) is 5.69 Å². The fourth-order valence-corrected chi connectivity index (χ4v) is 1.95. The van der Waals surface area contributed by atoms with Crippen LogP contribution in [0.1, 0.15) is 5.56 Å². The molecule has 1 heterocycles. The van der Waals surface area contributed by atoms with Gasteiger partial charge in [0.05, 0.1) is 19.6 Å². The van der Waals surface area contributed by atoms with Gasteiger partial charge in [-0.2, -0.15) is 0 Å². The van der Waals surface area contributed by atoms with E-state index in [1.165, 1.54) is 0 Å². The summed E-state index contributed by atoms with van der Waals surface area (Å²) in [5.74, 6) is -0.646. The molecule has 1 aromatic rings. The van der Waals surface area contributed by atoms with Crippen LogP contribution in [0.2, 0.25) is 0 Å². The standard InChI is InChI=1S/C14H18N2O4/c15-12-4-2-1-3-11(12)9-14(18)20-10-13(17)16-5-7-19-8-6-16/h1-4H,5-10,15H2. The number of amides is 1. The number of nitrogens with zero attached hydrogens (tertiary/aromatic N) is 1. The number of ether oxygens (including phenoxy) is 2. The largest absolute Gasteiger partial charge is 0.455 e. The highest BCUT2D eigenvalue weighted by Gasteiger charge is 2.18. The van der Waals surface area contributed by atoms with Crippen molar-refractivity contribution < 1.29 is 19.1 Å². The van der Waals surface area contributed by atoms with E-state index in [1.807, 2.05) is 0 Å². The number of para-hydroxylation sites is 1. The third-order valence-electron chi connectivity index (χ3n) is 3.11. The van der Waals surface area contributed by atoms with Crippen molar-refractivity contribution >= 4 is 17.6 Å². The maximum Gasteiger partial charge on any atom is 0.310 e. The van der Waals surface area contributed by atoms with Crippen molar-refractivity contribution in [3.05, 3.63) is 29.8 Å². The van der Waals surface area contributed by atoms with E-state index in [4.69, 9.17) is 15.2 Å². The van der Waals surface area contributed by atoms with Gasteiger partial charge in [-0.3, -0.25) is 9.59 Å². The second kappa shape index (κ2) is 6.91. The predicted molar refractivity (Wildman–Crippen MR) is 72.9 cm³/mol. The summed E-state index contributed by atoms with van der Waals surface area (Å²) >= 11 is 0. The average Bonchev–Trinajstić information content (AvgIpc) is 2.48. The van der Waals surface area contributed by atoms with Gasteiger partial charge in [-0.15, -0.1) is 0 Å². The Morgan fingerprint density at radius 3 is 2.65 bits per heavy atom. The average molecular weight is 278 g/mol. The van der Waals surface area contributed by atoms with Crippen LogP contribution >= 0.6 is 0 Å². The van der Waals surface area contributed by atoms with Crippen molar-refractivity contribution in [1.29, 1.82) is 0 Å². The summed E-state index contributed by atoms with van der Waals surface area (Å²) in [6.07, 6.45) is 0.0725. The Bertz CT molecular complexity index is 484. The van der Waals surface area contributed by atoms with Crippen LogP contribution < -0.4 is 5.73 Å². The Morgan fingerprint density at radius 2 is 1.95 bits per heavy atom. The minimum absolute atomic E-state index is 0.0725. The molecule has 2 N–H and O–H groups in total. The number of carbonyl (C=O) groups is 2. The molecule has 0 radical (unpaired) electrons. The molecule has 1 aliphatic rings. The summed E-state index contributed by atoms with van der Waals surface area (Å²) in [6.45, 7) is 1.91. The zero-order valence-corrected chi connectivity index (χ0v) is 11.2. The fourth-order valence-electron chi connectivity index (χ4n) is 1.95. The van der Waals surface area contributed by atoms with Gasteiger partial charge in [-0.1, -0.05) is 18.2 Å². The highest BCUT2D eigenvalue weighted by atomic mass is 16.5. The van der Waals surface area contributed by atoms with Gasteiger partial charge in [0.15, 0.2) is 6.61 Å². The van der Waals surface area contributed by atoms with Gasteiger partial charge in [0.1, 0.15) is 0 Å². The molecule has 0 aliphatic carbocycles. The third-order valence-corrected chi connectivity index (χ3v) is 3.11. The van der Waals surface area contributed by atoms with Crippen LogP contribution in [0.3, 0.4) is 0 Å². The Labute approximate surface area is 117 Å². The lowest BCUT2D eigenvalue weighted by Crippen LogP contribution is -2.42. The molecule has 108 valence electrons. The Hall–Kier alpha value is -2.08. The first-order valence-corrected chi connectivity index (χ1v) is 6.51. The molecule has 6 heteroatoms. The maximum atomic E-state index is 11.8. The first-order chi connectivity index (χ1) is 9.66. The minimum atomic E-state index is -0.454. The van der Waals surface area contributed by atoms with Gasteiger partial charge < -0.3 is 20.1 Å². The van der Waals surface area contributed by atoms with Crippen molar-refractivity contribution in [2.75, 3.05) is 38.6 Å². The van der Waals surface area contributed by atoms with Crippen molar-refractivity contribution in [3.8, 4) is 0 Å². The zero-order valence-electron chi connectivity index (χ0n) is 11.2. The monoisotopic (exact) mass is 278 g/mol. The van der Waals surface area contributed by atoms with Gasteiger partial charge in [-0.25, -0.2) is 0 Å². The second-order valence-corrected chi connectivity index (χ2v) is 4.53. The number of nitrogens with two attached hydrogens (primary N) is 1. The van der Waals surface area contributed by atoms with Crippen LogP contribution in [0.25, 0.3) is 0 Å². The van der Waals surface area contributed by atoms with Gasteiger partial charge in [-0.05, 0) is 11.6 Å². The normalized spacial score (nSPS) is 14.9. The van der Waals surface area contributed by atoms with Crippen LogP contribution in [0.15, 0.2) is 24.3 Å². The molecule has 0 aromatic heterocycles. The fraction of sp³-hybridized carbons (Fsp3) is 0.429. The quantitative estimate of drug-likeness (QED) is 0.629. The zero-order chi connectivity index (χ0) is 14.4. The van der Waals surface area contributed by atoms with Crippen LogP contribution in [0.5, 0.6) is 0 Å². The Morgan fingerprint density at radius 1 is 1.25 bits per heavy atom. The van der Waals surface area contributed by atoms with Crippen molar-refractivity contribution in [1.82, 2.24) is 4.90 Å². The lowest BCUT2D eigenvalue weighted by molar-refractivity contribution is -0.153. The number of carbonyl (C=O) groups excluding carboxylic acids is 2.